The Balaban J connectivity index is 1.83. The SMILES string of the molecule is Cc1cc(-c2ccc(C)c(S(=O)(=O)N3CC(C)Sc4ccccc43)c2)on1. The predicted molar refractivity (Wildman–Crippen MR) is 108 cm³/mol. The molecule has 0 N–H and O–H groups in total. The minimum atomic E-state index is -3.70. The summed E-state index contributed by atoms with van der Waals surface area (Å²) in [5.74, 6) is 0.562. The van der Waals surface area contributed by atoms with Gasteiger partial charge in [0, 0.05) is 28.3 Å². The van der Waals surface area contributed by atoms with Crippen molar-refractivity contribution in [3.8, 4) is 11.3 Å². The van der Waals surface area contributed by atoms with Gasteiger partial charge in [-0.2, -0.15) is 0 Å². The summed E-state index contributed by atoms with van der Waals surface area (Å²) in [6.45, 7) is 6.14. The summed E-state index contributed by atoms with van der Waals surface area (Å²) in [5, 5.41) is 4.08. The molecule has 4 rings (SSSR count). The van der Waals surface area contributed by atoms with Crippen LogP contribution in [0.1, 0.15) is 18.2 Å². The van der Waals surface area contributed by atoms with E-state index in [4.69, 9.17) is 4.52 Å². The van der Waals surface area contributed by atoms with E-state index < -0.39 is 10.0 Å². The number of fused-ring (bicyclic) bond motifs is 1. The Morgan fingerprint density at radius 1 is 1.15 bits per heavy atom. The van der Waals surface area contributed by atoms with Gasteiger partial charge in [0.05, 0.1) is 16.3 Å². The number of anilines is 1. The fraction of sp³-hybridized carbons (Fsp3) is 0.250. The third kappa shape index (κ3) is 3.26. The van der Waals surface area contributed by atoms with Gasteiger partial charge >= 0.3 is 0 Å². The van der Waals surface area contributed by atoms with E-state index in [2.05, 4.69) is 5.16 Å². The van der Waals surface area contributed by atoms with Crippen LogP contribution in [0.3, 0.4) is 0 Å². The van der Waals surface area contributed by atoms with Gasteiger partial charge in [0.25, 0.3) is 10.0 Å². The van der Waals surface area contributed by atoms with E-state index in [1.54, 1.807) is 23.9 Å². The summed E-state index contributed by atoms with van der Waals surface area (Å²) in [4.78, 5) is 1.28. The zero-order valence-corrected chi connectivity index (χ0v) is 17.0. The van der Waals surface area contributed by atoms with Crippen LogP contribution in [0.25, 0.3) is 11.3 Å². The van der Waals surface area contributed by atoms with Crippen molar-refractivity contribution in [2.24, 2.45) is 0 Å². The van der Waals surface area contributed by atoms with Gasteiger partial charge in [-0.1, -0.05) is 36.3 Å². The molecule has 0 fully saturated rings. The number of para-hydroxylation sites is 1. The molecule has 7 heteroatoms. The summed E-state index contributed by atoms with van der Waals surface area (Å²) in [6, 6.07) is 14.8. The van der Waals surface area contributed by atoms with E-state index in [0.29, 0.717) is 28.3 Å². The first-order chi connectivity index (χ1) is 12.9. The molecule has 140 valence electrons. The maximum Gasteiger partial charge on any atom is 0.264 e. The Kier molecular flexibility index (Phi) is 4.52. The minimum Gasteiger partial charge on any atom is -0.356 e. The Labute approximate surface area is 163 Å². The van der Waals surface area contributed by atoms with Crippen molar-refractivity contribution >= 4 is 27.5 Å². The summed E-state index contributed by atoms with van der Waals surface area (Å²) in [5.41, 5.74) is 2.90. The van der Waals surface area contributed by atoms with Gasteiger partial charge in [0.1, 0.15) is 0 Å². The second kappa shape index (κ2) is 6.73. The molecule has 2 aromatic carbocycles. The molecule has 0 aliphatic carbocycles. The number of nitrogens with zero attached hydrogens (tertiary/aromatic N) is 2. The lowest BCUT2D eigenvalue weighted by atomic mass is 10.1. The maximum absolute atomic E-state index is 13.6. The summed E-state index contributed by atoms with van der Waals surface area (Å²) < 4.78 is 34.0. The highest BCUT2D eigenvalue weighted by molar-refractivity contribution is 8.00. The molecule has 27 heavy (non-hydrogen) atoms. The molecule has 0 saturated heterocycles. The highest BCUT2D eigenvalue weighted by Crippen LogP contribution is 2.41. The number of rotatable bonds is 3. The lowest BCUT2D eigenvalue weighted by Gasteiger charge is -2.33. The van der Waals surface area contributed by atoms with E-state index in [1.165, 1.54) is 4.31 Å². The molecule has 1 aliphatic rings. The molecule has 0 saturated carbocycles. The molecule has 3 aromatic rings. The summed E-state index contributed by atoms with van der Waals surface area (Å²) >= 11 is 1.70. The van der Waals surface area contributed by atoms with Gasteiger partial charge in [-0.25, -0.2) is 8.42 Å². The third-order valence-electron chi connectivity index (χ3n) is 4.55. The fourth-order valence-corrected chi connectivity index (χ4v) is 6.32. The second-order valence-corrected chi connectivity index (χ2v) is 10.1. The minimum absolute atomic E-state index is 0.176. The van der Waals surface area contributed by atoms with Crippen LogP contribution in [0.4, 0.5) is 5.69 Å². The summed E-state index contributed by atoms with van der Waals surface area (Å²) in [6.07, 6.45) is 0. The second-order valence-electron chi connectivity index (χ2n) is 6.75. The number of hydrogen-bond donors (Lipinski definition) is 0. The molecule has 1 aliphatic heterocycles. The van der Waals surface area contributed by atoms with Gasteiger partial charge in [-0.05, 0) is 37.6 Å². The van der Waals surface area contributed by atoms with Gasteiger partial charge < -0.3 is 4.52 Å². The average molecular weight is 401 g/mol. The van der Waals surface area contributed by atoms with E-state index in [1.807, 2.05) is 57.2 Å². The highest BCUT2D eigenvalue weighted by Gasteiger charge is 2.33. The van der Waals surface area contributed by atoms with Crippen LogP contribution in [0, 0.1) is 13.8 Å². The summed E-state index contributed by atoms with van der Waals surface area (Å²) in [7, 11) is -3.70. The van der Waals surface area contributed by atoms with Crippen LogP contribution < -0.4 is 4.31 Å². The van der Waals surface area contributed by atoms with E-state index >= 15 is 0 Å². The zero-order chi connectivity index (χ0) is 19.2. The van der Waals surface area contributed by atoms with Gasteiger partial charge in [-0.15, -0.1) is 11.8 Å². The van der Waals surface area contributed by atoms with Gasteiger partial charge in [0.15, 0.2) is 5.76 Å². The van der Waals surface area contributed by atoms with Crippen molar-refractivity contribution < 1.29 is 12.9 Å². The Hall–Kier alpha value is -2.25. The van der Waals surface area contributed by atoms with Gasteiger partial charge in [0.2, 0.25) is 0 Å². The van der Waals surface area contributed by atoms with Crippen LogP contribution >= 0.6 is 11.8 Å². The molecule has 0 radical (unpaired) electrons. The smallest absolute Gasteiger partial charge is 0.264 e. The van der Waals surface area contributed by atoms with Crippen molar-refractivity contribution in [3.63, 3.8) is 0 Å². The molecule has 1 aromatic heterocycles. The Morgan fingerprint density at radius 3 is 2.67 bits per heavy atom. The van der Waals surface area contributed by atoms with E-state index in [9.17, 15) is 8.42 Å². The molecule has 0 amide bonds. The van der Waals surface area contributed by atoms with Crippen LogP contribution in [0.2, 0.25) is 0 Å². The Bertz CT molecular complexity index is 1110. The topological polar surface area (TPSA) is 63.4 Å². The van der Waals surface area contributed by atoms with Crippen LogP contribution in [-0.2, 0) is 10.0 Å². The molecule has 2 heterocycles. The normalized spacial score (nSPS) is 17.0. The molecule has 0 bridgehead atoms. The number of hydrogen-bond acceptors (Lipinski definition) is 5. The lowest BCUT2D eigenvalue weighted by Crippen LogP contribution is -2.38. The predicted octanol–water partition coefficient (Wildman–Crippen LogP) is 4.65. The van der Waals surface area contributed by atoms with Crippen LogP contribution in [0.15, 0.2) is 62.8 Å². The van der Waals surface area contributed by atoms with E-state index in [0.717, 1.165) is 16.3 Å². The first-order valence-corrected chi connectivity index (χ1v) is 11.0. The van der Waals surface area contributed by atoms with Crippen molar-refractivity contribution in [2.75, 3.05) is 10.8 Å². The molecule has 1 atom stereocenters. The molecular formula is C20H20N2O3S2. The largest absolute Gasteiger partial charge is 0.356 e. The zero-order valence-electron chi connectivity index (χ0n) is 15.3. The maximum atomic E-state index is 13.6. The number of aryl methyl sites for hydroxylation is 2. The fourth-order valence-electron chi connectivity index (χ4n) is 3.23. The Morgan fingerprint density at radius 2 is 1.93 bits per heavy atom. The van der Waals surface area contributed by atoms with Crippen molar-refractivity contribution in [3.05, 3.63) is 59.8 Å². The number of aromatic nitrogens is 1. The standard InChI is InChI=1S/C20H20N2O3S2/c1-13-8-9-16(18-10-14(2)21-25-18)11-20(13)27(23,24)22-12-15(3)26-19-7-5-4-6-17(19)22/h4-11,15H,12H2,1-3H3. The number of thioether (sulfide) groups is 1. The first kappa shape index (κ1) is 18.1. The quantitative estimate of drug-likeness (QED) is 0.640. The molecule has 0 spiro atoms. The van der Waals surface area contributed by atoms with Crippen molar-refractivity contribution in [1.82, 2.24) is 5.16 Å². The van der Waals surface area contributed by atoms with Crippen LogP contribution in [-0.4, -0.2) is 25.4 Å². The molecule has 1 unspecified atom stereocenters. The molecule has 5 nitrogen and oxygen atoms in total. The van der Waals surface area contributed by atoms with Crippen molar-refractivity contribution in [1.29, 1.82) is 0 Å². The van der Waals surface area contributed by atoms with E-state index in [-0.39, 0.29) is 5.25 Å². The van der Waals surface area contributed by atoms with Gasteiger partial charge in [-0.3, -0.25) is 4.31 Å². The number of benzene rings is 2. The molecular weight excluding hydrogens is 380 g/mol. The average Bonchev–Trinajstić information content (AvgIpc) is 3.07. The first-order valence-electron chi connectivity index (χ1n) is 8.69. The highest BCUT2D eigenvalue weighted by atomic mass is 32.2. The van der Waals surface area contributed by atoms with Crippen LogP contribution in [0.5, 0.6) is 0 Å². The monoisotopic (exact) mass is 400 g/mol. The van der Waals surface area contributed by atoms with Crippen molar-refractivity contribution in [2.45, 2.75) is 35.8 Å². The number of sulfonamides is 1. The third-order valence-corrected chi connectivity index (χ3v) is 7.63. The lowest BCUT2D eigenvalue weighted by molar-refractivity contribution is 0.427.